The molecule has 6 aromatic rings. The standard InChI is InChI=1S/C38H46F3N3O7S.C36H42F3N3O7S.C6H11BrO2.2CH4.K.H2O/c1-4-10-32-37(51-27-23-26(3)52-25-27,15-9-19-44(32)34(46)28-24-42-18-14-29(28)38(39,40)41)35(47)43-20-16-36(48,17-21-43)30-11-6-7-12-31(30)50-22-8-13-33(45)49-5-2;1-3-8-30-35(49-25-21-24(2)50-23-25,13-7-17-42(30)32(45)26-22-40-16-12-27(26)36(37,38)39)33(46)41-18-14-34(47,15-19-41)28-9-4-5-10-29(28)48-20-6-11-31(43)44;1-2-9-6(8)4-3-5-7;;;;/h6-7,11-12,14,18,23-25,32,48H,4-5,8-10,13,15-17,19-22H2,1-3H3;4-5,9-10,12,16,21-23,30,47H,3,6-8,11,13-15,17-20H2,1-2H3,(H,43,44);2-5H2,1H3;2*1H4;;1H2/q;;;;;+1;/p-1/t32-,37+;30-,35+;;;;;/m11...../s1. The van der Waals surface area contributed by atoms with Gasteiger partial charge in [0.05, 0.1) is 72.0 Å². The summed E-state index contributed by atoms with van der Waals surface area (Å²) in [5.74, 6) is -2.00. The van der Waals surface area contributed by atoms with Crippen molar-refractivity contribution >= 4 is 80.1 Å². The number of rotatable bonds is 29. The van der Waals surface area contributed by atoms with Crippen LogP contribution in [-0.4, -0.2) is 186 Å². The number of para-hydroxylation sites is 2. The molecule has 4 atom stereocenters. The van der Waals surface area contributed by atoms with E-state index >= 15 is 0 Å². The Hall–Kier alpha value is -6.79. The molecule has 2 aromatic carbocycles. The fourth-order valence-electron chi connectivity index (χ4n) is 14.8. The number of hydrogen-bond donors (Lipinski definition) is 3. The molecule has 4 fully saturated rings. The Balaban J connectivity index is 0.000000424. The quantitative estimate of drug-likeness (QED) is 0.0129. The molecule has 4 aliphatic rings. The summed E-state index contributed by atoms with van der Waals surface area (Å²) < 4.78 is 119. The van der Waals surface area contributed by atoms with Gasteiger partial charge in [0.25, 0.3) is 23.6 Å². The fraction of sp³-hybridized carbons (Fsp3) is 0.549. The second kappa shape index (κ2) is 46.5. The molecule has 0 radical (unpaired) electrons. The zero-order valence-corrected chi connectivity index (χ0v) is 71.1. The van der Waals surface area contributed by atoms with E-state index in [1.54, 1.807) is 82.1 Å². The van der Waals surface area contributed by atoms with Crippen LogP contribution in [0.1, 0.15) is 211 Å². The van der Waals surface area contributed by atoms with E-state index in [4.69, 9.17) is 28.8 Å². The molecule has 0 saturated carbocycles. The number of piperidine rings is 4. The molecule has 4 aromatic heterocycles. The van der Waals surface area contributed by atoms with Crippen LogP contribution in [0, 0.1) is 13.8 Å². The van der Waals surface area contributed by atoms with E-state index in [1.165, 1.54) is 32.5 Å². The van der Waals surface area contributed by atoms with Gasteiger partial charge in [-0.3, -0.25) is 43.5 Å². The van der Waals surface area contributed by atoms with Gasteiger partial charge in [0.2, 0.25) is 11.2 Å². The number of esters is 2. The van der Waals surface area contributed by atoms with Crippen LogP contribution in [-0.2, 0) is 57.0 Å². The van der Waals surface area contributed by atoms with Crippen molar-refractivity contribution < 1.29 is 161 Å². The molecule has 4 aliphatic heterocycles. The van der Waals surface area contributed by atoms with Gasteiger partial charge in [-0.1, -0.05) is 93.9 Å². The number of likely N-dealkylation sites (tertiary alicyclic amines) is 4. The van der Waals surface area contributed by atoms with Crippen LogP contribution in [0.15, 0.2) is 108 Å². The number of pyridine rings is 2. The van der Waals surface area contributed by atoms with Crippen molar-refractivity contribution in [3.05, 3.63) is 151 Å². The number of carbonyl (C=O) groups excluding carboxylic acids is 6. The summed E-state index contributed by atoms with van der Waals surface area (Å²) in [5, 5.41) is 37.2. The molecule has 8 heterocycles. The van der Waals surface area contributed by atoms with E-state index in [1.807, 2.05) is 40.7 Å². The predicted octanol–water partition coefficient (Wildman–Crippen LogP) is 13.2. The molecule has 4 amide bonds. The molecule has 0 aliphatic carbocycles. The zero-order valence-electron chi connectivity index (χ0n) is 64.8. The SMILES string of the molecule is C.C.CCC[C@H]1N(C(=O)c2cnccc2C(F)(F)F)CCC[C@@]1(Oc1csc(C)c1)C(=O)N1CCC(O)(c2ccccc2OCCCC(=O)O)CC1.CCC[C@H]1N(C(=O)c2cnccc2C(F)(F)F)CCC[C@@]1(Oc1csc(C)c1)C(=O)N1CCC(O)(c2ccccc2OCCCC(=O)OCC)CC1.CCOC(=O)CCCBr.[K+].[OH-]. The Bertz CT molecular complexity index is 4100. The van der Waals surface area contributed by atoms with E-state index < -0.39 is 86.9 Å². The molecular weight excluding hydrogens is 1640 g/mol. The Morgan fingerprint density at radius 3 is 1.27 bits per heavy atom. The largest absolute Gasteiger partial charge is 1.00 e. The first-order valence-corrected chi connectivity index (χ1v) is 40.5. The minimum atomic E-state index is -4.78. The third kappa shape index (κ3) is 26.1. The topological polar surface area (TPSA) is 304 Å². The van der Waals surface area contributed by atoms with E-state index in [2.05, 4.69) is 30.6 Å². The molecule has 10 rings (SSSR count). The van der Waals surface area contributed by atoms with Crippen LogP contribution in [0.25, 0.3) is 0 Å². The molecule has 115 heavy (non-hydrogen) atoms. The van der Waals surface area contributed by atoms with Crippen LogP contribution in [0.5, 0.6) is 23.0 Å². The van der Waals surface area contributed by atoms with Crippen LogP contribution >= 0.6 is 38.6 Å². The molecule has 4 N–H and O–H groups in total. The van der Waals surface area contributed by atoms with Gasteiger partial charge < -0.3 is 68.8 Å². The van der Waals surface area contributed by atoms with Gasteiger partial charge in [-0.2, -0.15) is 26.3 Å². The van der Waals surface area contributed by atoms with Crippen molar-refractivity contribution in [2.45, 2.75) is 219 Å². The van der Waals surface area contributed by atoms with E-state index in [-0.39, 0.29) is 199 Å². The number of aliphatic carboxylic acids is 1. The van der Waals surface area contributed by atoms with Crippen LogP contribution < -0.4 is 70.3 Å². The van der Waals surface area contributed by atoms with Crippen molar-refractivity contribution in [2.24, 2.45) is 0 Å². The Morgan fingerprint density at radius 1 is 0.557 bits per heavy atom. The second-order valence-corrected chi connectivity index (χ2v) is 30.8. The minimum Gasteiger partial charge on any atom is -0.870 e. The molecule has 33 heteroatoms. The average molecular weight is 1750 g/mol. The summed E-state index contributed by atoms with van der Waals surface area (Å²) in [5.41, 5.74) is -8.07. The summed E-state index contributed by atoms with van der Waals surface area (Å²) in [4.78, 5) is 107. The third-order valence-electron chi connectivity index (χ3n) is 20.1. The van der Waals surface area contributed by atoms with Gasteiger partial charge in [0.15, 0.2) is 0 Å². The number of carboxylic acid groups (broad SMARTS) is 1. The van der Waals surface area contributed by atoms with Crippen molar-refractivity contribution in [1.29, 1.82) is 0 Å². The number of thiophene rings is 2. The second-order valence-electron chi connectivity index (χ2n) is 27.8. The monoisotopic (exact) mass is 1740 g/mol. The number of hydrogen-bond acceptors (Lipinski definition) is 20. The van der Waals surface area contributed by atoms with E-state index in [0.29, 0.717) is 105 Å². The number of benzene rings is 2. The molecule has 0 spiro atoms. The van der Waals surface area contributed by atoms with Gasteiger partial charge in [-0.15, -0.1) is 22.7 Å². The van der Waals surface area contributed by atoms with Crippen LogP contribution in [0.3, 0.4) is 0 Å². The Morgan fingerprint density at radius 2 is 0.930 bits per heavy atom. The Labute approximate surface area is 728 Å². The number of carbonyl (C=O) groups is 7. The average Bonchev–Trinajstić information content (AvgIpc) is 1.44. The number of carboxylic acids is 1. The van der Waals surface area contributed by atoms with E-state index in [0.717, 1.165) is 58.4 Å². The number of aryl methyl sites for hydroxylation is 2. The van der Waals surface area contributed by atoms with Crippen molar-refractivity contribution in [2.75, 3.05) is 71.0 Å². The maximum absolute atomic E-state index is 14.9. The molecule has 0 unspecified atom stereocenters. The normalized spacial score (nSPS) is 18.9. The third-order valence-corrected chi connectivity index (χ3v) is 22.3. The molecule has 23 nitrogen and oxygen atoms in total. The van der Waals surface area contributed by atoms with Crippen molar-refractivity contribution in [1.82, 2.24) is 29.6 Å². The van der Waals surface area contributed by atoms with E-state index in [9.17, 15) is 70.1 Å². The number of ether oxygens (including phenoxy) is 6. The zero-order chi connectivity index (χ0) is 80.7. The van der Waals surface area contributed by atoms with Gasteiger partial charge in [-0.05, 0) is 135 Å². The summed E-state index contributed by atoms with van der Waals surface area (Å²) in [7, 11) is 0. The van der Waals surface area contributed by atoms with Gasteiger partial charge in [0, 0.05) is 133 Å². The van der Waals surface area contributed by atoms with Gasteiger partial charge in [-0.25, -0.2) is 0 Å². The smallest absolute Gasteiger partial charge is 0.870 e. The summed E-state index contributed by atoms with van der Waals surface area (Å²) in [6, 6.07) is 17.6. The number of amides is 4. The Kier molecular flexibility index (Phi) is 40.7. The van der Waals surface area contributed by atoms with Crippen LogP contribution in [0.2, 0.25) is 0 Å². The van der Waals surface area contributed by atoms with Crippen molar-refractivity contribution in [3.8, 4) is 23.0 Å². The predicted molar refractivity (Wildman–Crippen MR) is 422 cm³/mol. The fourth-order valence-corrected chi connectivity index (χ4v) is 16.3. The number of nitrogens with zero attached hydrogens (tertiary/aromatic N) is 6. The van der Waals surface area contributed by atoms with Crippen molar-refractivity contribution in [3.63, 3.8) is 0 Å². The summed E-state index contributed by atoms with van der Waals surface area (Å²) >= 11 is 6.09. The van der Waals surface area contributed by atoms with Crippen LogP contribution in [0.4, 0.5) is 26.3 Å². The first-order valence-electron chi connectivity index (χ1n) is 37.6. The van der Waals surface area contributed by atoms with Gasteiger partial charge in [0.1, 0.15) is 23.0 Å². The summed E-state index contributed by atoms with van der Waals surface area (Å²) in [6.45, 7) is 13.2. The summed E-state index contributed by atoms with van der Waals surface area (Å²) in [6.07, 6.45) is 0.0465. The van der Waals surface area contributed by atoms with Gasteiger partial charge >= 0.3 is 81.6 Å². The minimum absolute atomic E-state index is 0. The first kappa shape index (κ1) is 101. The molecule has 0 bridgehead atoms. The number of aliphatic hydroxyl groups is 2. The first-order chi connectivity index (χ1) is 52.9. The number of halogens is 7. The molecular formula is C82H108BrF6KN6O17S2. The maximum atomic E-state index is 14.9. The molecule has 630 valence electrons. The maximum Gasteiger partial charge on any atom is 1.00 e. The number of aromatic nitrogens is 2. The number of alkyl halides is 7. The molecule has 4 saturated heterocycles.